The van der Waals surface area contributed by atoms with Gasteiger partial charge in [-0.1, -0.05) is 24.3 Å². The monoisotopic (exact) mass is 227 g/mol. The number of hydrogen-bond donors (Lipinski definition) is 1. The van der Waals surface area contributed by atoms with Gasteiger partial charge in [0, 0.05) is 12.6 Å². The summed E-state index contributed by atoms with van der Waals surface area (Å²) in [4.78, 5) is 0. The second-order valence-electron chi connectivity index (χ2n) is 5.01. The highest BCUT2D eigenvalue weighted by molar-refractivity contribution is 5.64. The molecule has 1 aromatic heterocycles. The zero-order valence-electron chi connectivity index (χ0n) is 10.3. The first kappa shape index (κ1) is 10.5. The number of rotatable bonds is 2. The molecule has 0 radical (unpaired) electrons. The van der Waals surface area contributed by atoms with Gasteiger partial charge in [-0.15, -0.1) is 0 Å². The normalized spacial score (nSPS) is 17.1. The average Bonchev–Trinajstić information content (AvgIpc) is 2.93. The summed E-state index contributed by atoms with van der Waals surface area (Å²) in [5.74, 6) is 0. The molecular weight excluding hydrogens is 210 g/mol. The van der Waals surface area contributed by atoms with Crippen LogP contribution in [0.1, 0.15) is 24.1 Å². The lowest BCUT2D eigenvalue weighted by molar-refractivity contribution is 0.661. The van der Waals surface area contributed by atoms with Crippen molar-refractivity contribution in [3.63, 3.8) is 0 Å². The molecular formula is C14H17N3. The number of aryl methyl sites for hydroxylation is 2. The molecule has 1 heterocycles. The third-order valence-electron chi connectivity index (χ3n) is 3.60. The van der Waals surface area contributed by atoms with Crippen molar-refractivity contribution in [3.05, 3.63) is 41.6 Å². The van der Waals surface area contributed by atoms with Crippen LogP contribution in [-0.2, 0) is 12.6 Å². The van der Waals surface area contributed by atoms with E-state index in [4.69, 9.17) is 5.73 Å². The van der Waals surface area contributed by atoms with E-state index in [0.717, 1.165) is 24.2 Å². The molecule has 1 aliphatic rings. The minimum Gasteiger partial charge on any atom is -0.320 e. The Bertz CT molecular complexity index is 565. The summed E-state index contributed by atoms with van der Waals surface area (Å²) in [5, 5.41) is 4.55. The van der Waals surface area contributed by atoms with Gasteiger partial charge in [0.15, 0.2) is 0 Å². The summed E-state index contributed by atoms with van der Waals surface area (Å²) < 4.78 is 1.94. The SMILES string of the molecule is Cc1ccccc1-c1cc(C2(N)CC2)nn1C. The van der Waals surface area contributed by atoms with Gasteiger partial charge in [-0.05, 0) is 31.4 Å². The standard InChI is InChI=1S/C14H17N3/c1-10-5-3-4-6-11(10)12-9-13(16-17(12)2)14(15)7-8-14/h3-6,9H,7-8,15H2,1-2H3. The fourth-order valence-electron chi connectivity index (χ4n) is 2.21. The third-order valence-corrected chi connectivity index (χ3v) is 3.60. The van der Waals surface area contributed by atoms with Gasteiger partial charge in [0.1, 0.15) is 0 Å². The molecule has 0 spiro atoms. The maximum atomic E-state index is 6.19. The van der Waals surface area contributed by atoms with Gasteiger partial charge in [0.25, 0.3) is 0 Å². The van der Waals surface area contributed by atoms with Crippen molar-refractivity contribution < 1.29 is 0 Å². The zero-order chi connectivity index (χ0) is 12.0. The Balaban J connectivity index is 2.10. The van der Waals surface area contributed by atoms with Crippen molar-refractivity contribution in [2.75, 3.05) is 0 Å². The summed E-state index contributed by atoms with van der Waals surface area (Å²) in [6.07, 6.45) is 2.11. The summed E-state index contributed by atoms with van der Waals surface area (Å²) in [6.45, 7) is 2.12. The second kappa shape index (κ2) is 3.44. The van der Waals surface area contributed by atoms with Gasteiger partial charge >= 0.3 is 0 Å². The second-order valence-corrected chi connectivity index (χ2v) is 5.01. The maximum Gasteiger partial charge on any atom is 0.0829 e. The van der Waals surface area contributed by atoms with Crippen molar-refractivity contribution in [2.24, 2.45) is 12.8 Å². The predicted molar refractivity (Wildman–Crippen MR) is 68.5 cm³/mol. The molecule has 1 saturated carbocycles. The van der Waals surface area contributed by atoms with E-state index in [1.54, 1.807) is 0 Å². The van der Waals surface area contributed by atoms with Crippen LogP contribution in [-0.4, -0.2) is 9.78 Å². The van der Waals surface area contributed by atoms with Gasteiger partial charge < -0.3 is 5.73 Å². The number of nitrogens with zero attached hydrogens (tertiary/aromatic N) is 2. The van der Waals surface area contributed by atoms with Crippen LogP contribution in [0.5, 0.6) is 0 Å². The van der Waals surface area contributed by atoms with E-state index in [-0.39, 0.29) is 5.54 Å². The number of hydrogen-bond acceptors (Lipinski definition) is 2. The van der Waals surface area contributed by atoms with Crippen LogP contribution in [0.15, 0.2) is 30.3 Å². The Morgan fingerprint density at radius 1 is 1.29 bits per heavy atom. The highest BCUT2D eigenvalue weighted by Gasteiger charge is 2.42. The molecule has 0 bridgehead atoms. The van der Waals surface area contributed by atoms with Gasteiger partial charge in [0.05, 0.1) is 16.9 Å². The van der Waals surface area contributed by atoms with Gasteiger partial charge in [-0.2, -0.15) is 5.10 Å². The molecule has 2 aromatic rings. The lowest BCUT2D eigenvalue weighted by Gasteiger charge is -2.04. The fraction of sp³-hybridized carbons (Fsp3) is 0.357. The van der Waals surface area contributed by atoms with Crippen LogP contribution in [0.2, 0.25) is 0 Å². The molecule has 17 heavy (non-hydrogen) atoms. The van der Waals surface area contributed by atoms with Crippen LogP contribution in [0.25, 0.3) is 11.3 Å². The van der Waals surface area contributed by atoms with E-state index in [0.29, 0.717) is 0 Å². The quantitative estimate of drug-likeness (QED) is 0.855. The van der Waals surface area contributed by atoms with Crippen molar-refractivity contribution in [1.82, 2.24) is 9.78 Å². The molecule has 1 fully saturated rings. The molecule has 3 heteroatoms. The van der Waals surface area contributed by atoms with E-state index in [1.165, 1.54) is 11.1 Å². The number of aromatic nitrogens is 2. The average molecular weight is 227 g/mol. The zero-order valence-corrected chi connectivity index (χ0v) is 10.3. The van der Waals surface area contributed by atoms with Crippen molar-refractivity contribution in [3.8, 4) is 11.3 Å². The van der Waals surface area contributed by atoms with Crippen molar-refractivity contribution >= 4 is 0 Å². The largest absolute Gasteiger partial charge is 0.320 e. The number of benzene rings is 1. The van der Waals surface area contributed by atoms with Crippen LogP contribution >= 0.6 is 0 Å². The first-order chi connectivity index (χ1) is 8.10. The molecule has 0 amide bonds. The van der Waals surface area contributed by atoms with Crippen LogP contribution in [0, 0.1) is 6.92 Å². The van der Waals surface area contributed by atoms with Gasteiger partial charge in [-0.3, -0.25) is 4.68 Å². The van der Waals surface area contributed by atoms with E-state index in [2.05, 4.69) is 42.4 Å². The Morgan fingerprint density at radius 3 is 2.65 bits per heavy atom. The van der Waals surface area contributed by atoms with Crippen LogP contribution in [0.3, 0.4) is 0 Å². The Labute approximate surface area is 101 Å². The highest BCUT2D eigenvalue weighted by Crippen LogP contribution is 2.42. The summed E-state index contributed by atoms with van der Waals surface area (Å²) >= 11 is 0. The summed E-state index contributed by atoms with van der Waals surface area (Å²) in [7, 11) is 1.98. The maximum absolute atomic E-state index is 6.19. The Hall–Kier alpha value is -1.61. The van der Waals surface area contributed by atoms with E-state index >= 15 is 0 Å². The van der Waals surface area contributed by atoms with E-state index < -0.39 is 0 Å². The minimum absolute atomic E-state index is 0.154. The molecule has 1 aliphatic carbocycles. The van der Waals surface area contributed by atoms with Gasteiger partial charge in [-0.25, -0.2) is 0 Å². The van der Waals surface area contributed by atoms with Gasteiger partial charge in [0.2, 0.25) is 0 Å². The first-order valence-corrected chi connectivity index (χ1v) is 5.99. The van der Waals surface area contributed by atoms with Crippen LogP contribution < -0.4 is 5.73 Å². The molecule has 3 nitrogen and oxygen atoms in total. The first-order valence-electron chi connectivity index (χ1n) is 5.99. The molecule has 3 rings (SSSR count). The molecule has 0 atom stereocenters. The van der Waals surface area contributed by atoms with Crippen LogP contribution in [0.4, 0.5) is 0 Å². The van der Waals surface area contributed by atoms with E-state index in [1.807, 2.05) is 11.7 Å². The Morgan fingerprint density at radius 2 is 2.00 bits per heavy atom. The predicted octanol–water partition coefficient (Wildman–Crippen LogP) is 2.34. The molecule has 0 saturated heterocycles. The van der Waals surface area contributed by atoms with E-state index in [9.17, 15) is 0 Å². The fourth-order valence-corrected chi connectivity index (χ4v) is 2.21. The smallest absolute Gasteiger partial charge is 0.0829 e. The lowest BCUT2D eigenvalue weighted by Crippen LogP contribution is -2.19. The summed E-state index contributed by atoms with van der Waals surface area (Å²) in [5.41, 5.74) is 10.7. The summed E-state index contributed by atoms with van der Waals surface area (Å²) in [6, 6.07) is 10.5. The Kier molecular flexibility index (Phi) is 2.13. The van der Waals surface area contributed by atoms with Crippen molar-refractivity contribution in [1.29, 1.82) is 0 Å². The highest BCUT2D eigenvalue weighted by atomic mass is 15.3. The molecule has 0 unspecified atom stereocenters. The third kappa shape index (κ3) is 1.67. The molecule has 1 aromatic carbocycles. The molecule has 2 N–H and O–H groups in total. The lowest BCUT2D eigenvalue weighted by atomic mass is 10.0. The topological polar surface area (TPSA) is 43.8 Å². The number of nitrogens with two attached hydrogens (primary N) is 1. The minimum atomic E-state index is -0.154. The molecule has 88 valence electrons. The molecule has 0 aliphatic heterocycles. The van der Waals surface area contributed by atoms with Crippen molar-refractivity contribution in [2.45, 2.75) is 25.3 Å².